The summed E-state index contributed by atoms with van der Waals surface area (Å²) in [5.41, 5.74) is 1.89. The first-order chi connectivity index (χ1) is 18.1. The maximum absolute atomic E-state index is 13.6. The molecular formula is C27H28N4O6S. The molecule has 10 nitrogen and oxygen atoms in total. The zero-order valence-electron chi connectivity index (χ0n) is 21.2. The van der Waals surface area contributed by atoms with Gasteiger partial charge in [0.1, 0.15) is 6.04 Å². The Labute approximate surface area is 221 Å². The van der Waals surface area contributed by atoms with Gasteiger partial charge >= 0.3 is 6.03 Å². The number of carbonyl (C=O) groups excluding carboxylic acids is 2. The van der Waals surface area contributed by atoms with Crippen molar-refractivity contribution in [3.05, 3.63) is 76.2 Å². The van der Waals surface area contributed by atoms with E-state index in [1.54, 1.807) is 55.5 Å². The fraction of sp³-hybridized carbons (Fsp3) is 0.296. The lowest BCUT2D eigenvalue weighted by atomic mass is 9.99. The Balaban J connectivity index is 1.58. The summed E-state index contributed by atoms with van der Waals surface area (Å²) in [7, 11) is -2.64. The summed E-state index contributed by atoms with van der Waals surface area (Å²) in [6.45, 7) is 3.71. The summed E-state index contributed by atoms with van der Waals surface area (Å²) in [5.74, 6) is 0.694. The summed E-state index contributed by atoms with van der Waals surface area (Å²) in [4.78, 5) is 27.9. The minimum atomic E-state index is -4.17. The maximum Gasteiger partial charge on any atom is 0.329 e. The van der Waals surface area contributed by atoms with Gasteiger partial charge in [-0.05, 0) is 48.6 Å². The van der Waals surface area contributed by atoms with Gasteiger partial charge in [-0.2, -0.15) is 5.26 Å². The highest BCUT2D eigenvalue weighted by molar-refractivity contribution is 7.94. The number of nitrogens with zero attached hydrogens (tertiary/aromatic N) is 2. The van der Waals surface area contributed by atoms with Crippen molar-refractivity contribution in [2.45, 2.75) is 32.7 Å². The van der Waals surface area contributed by atoms with Crippen LogP contribution in [0.4, 0.5) is 10.5 Å². The SMILES string of the molecule is CC1=CC(C)CC=C1S(=O)(=O)NC(=O)N[C@@H](Cc1ccccc1C#N)C(=O)N(C)c1ccc2c(c1)OCO2. The van der Waals surface area contributed by atoms with Crippen LogP contribution in [0.5, 0.6) is 11.5 Å². The van der Waals surface area contributed by atoms with Crippen LogP contribution < -0.4 is 24.4 Å². The predicted molar refractivity (Wildman–Crippen MR) is 141 cm³/mol. The smallest absolute Gasteiger partial charge is 0.329 e. The Morgan fingerprint density at radius 1 is 1.18 bits per heavy atom. The van der Waals surface area contributed by atoms with Crippen LogP contribution in [0, 0.1) is 17.2 Å². The Morgan fingerprint density at radius 3 is 2.66 bits per heavy atom. The third-order valence-corrected chi connectivity index (χ3v) is 7.88. The number of carbonyl (C=O) groups is 2. The molecule has 2 aromatic carbocycles. The van der Waals surface area contributed by atoms with Crippen molar-refractivity contribution in [1.82, 2.24) is 10.0 Å². The van der Waals surface area contributed by atoms with E-state index >= 15 is 0 Å². The van der Waals surface area contributed by atoms with E-state index in [2.05, 4.69) is 11.4 Å². The van der Waals surface area contributed by atoms with Crippen LogP contribution in [0.3, 0.4) is 0 Å². The van der Waals surface area contributed by atoms with E-state index in [1.165, 1.54) is 11.9 Å². The highest BCUT2D eigenvalue weighted by Gasteiger charge is 2.30. The number of rotatable bonds is 7. The lowest BCUT2D eigenvalue weighted by Gasteiger charge is -2.25. The number of fused-ring (bicyclic) bond motifs is 1. The van der Waals surface area contributed by atoms with E-state index in [0.29, 0.717) is 40.3 Å². The summed E-state index contributed by atoms with van der Waals surface area (Å²) < 4.78 is 38.6. The second-order valence-corrected chi connectivity index (χ2v) is 10.8. The van der Waals surface area contributed by atoms with E-state index in [4.69, 9.17) is 9.47 Å². The summed E-state index contributed by atoms with van der Waals surface area (Å²) in [5, 5.41) is 12.0. The molecule has 38 heavy (non-hydrogen) atoms. The van der Waals surface area contributed by atoms with Crippen molar-refractivity contribution in [3.63, 3.8) is 0 Å². The lowest BCUT2D eigenvalue weighted by molar-refractivity contribution is -0.120. The molecule has 2 aromatic rings. The van der Waals surface area contributed by atoms with Crippen LogP contribution in [-0.2, 0) is 21.2 Å². The molecule has 2 N–H and O–H groups in total. The van der Waals surface area contributed by atoms with Crippen molar-refractivity contribution < 1.29 is 27.5 Å². The minimum Gasteiger partial charge on any atom is -0.454 e. The van der Waals surface area contributed by atoms with Crippen LogP contribution in [0.25, 0.3) is 0 Å². The van der Waals surface area contributed by atoms with Crippen LogP contribution in [0.1, 0.15) is 31.4 Å². The van der Waals surface area contributed by atoms with E-state index in [0.717, 1.165) is 0 Å². The molecule has 0 fully saturated rings. The Kier molecular flexibility index (Phi) is 7.73. The quantitative estimate of drug-likeness (QED) is 0.553. The number of benzene rings is 2. The molecule has 4 rings (SSSR count). The average molecular weight is 537 g/mol. The van der Waals surface area contributed by atoms with Crippen LogP contribution in [0.15, 0.2) is 65.1 Å². The molecule has 2 atom stereocenters. The third kappa shape index (κ3) is 5.81. The number of likely N-dealkylation sites (N-methyl/N-ethyl adjacent to an activating group) is 1. The largest absolute Gasteiger partial charge is 0.454 e. The van der Waals surface area contributed by atoms with E-state index in [1.807, 2.05) is 17.7 Å². The average Bonchev–Trinajstić information content (AvgIpc) is 3.35. The van der Waals surface area contributed by atoms with Crippen LogP contribution in [-0.4, -0.2) is 40.2 Å². The highest BCUT2D eigenvalue weighted by Crippen LogP contribution is 2.35. The second-order valence-electron chi connectivity index (χ2n) is 9.17. The first-order valence-electron chi connectivity index (χ1n) is 12.0. The van der Waals surface area contributed by atoms with Crippen molar-refractivity contribution in [1.29, 1.82) is 5.26 Å². The molecule has 3 amide bonds. The van der Waals surface area contributed by atoms with Gasteiger partial charge in [0.2, 0.25) is 12.7 Å². The minimum absolute atomic E-state index is 0.0286. The fourth-order valence-electron chi connectivity index (χ4n) is 4.40. The second kappa shape index (κ2) is 11.0. The summed E-state index contributed by atoms with van der Waals surface area (Å²) in [6.07, 6.45) is 3.90. The van der Waals surface area contributed by atoms with Gasteiger partial charge in [-0.3, -0.25) is 4.79 Å². The number of sulfonamides is 1. The predicted octanol–water partition coefficient (Wildman–Crippen LogP) is 3.36. The van der Waals surface area contributed by atoms with Crippen LogP contribution in [0.2, 0.25) is 0 Å². The first-order valence-corrected chi connectivity index (χ1v) is 13.4. The molecule has 0 radical (unpaired) electrons. The molecule has 11 heteroatoms. The van der Waals surface area contributed by atoms with E-state index in [9.17, 15) is 23.3 Å². The number of urea groups is 1. The van der Waals surface area contributed by atoms with Gasteiger partial charge < -0.3 is 19.7 Å². The molecule has 0 saturated carbocycles. The number of hydrogen-bond acceptors (Lipinski definition) is 7. The van der Waals surface area contributed by atoms with Crippen molar-refractivity contribution >= 4 is 27.6 Å². The zero-order valence-corrected chi connectivity index (χ0v) is 22.0. The standard InChI is InChI=1S/C27H28N4O6S/c1-17-8-11-25(18(2)12-17)38(34,35)30-27(33)29-22(13-19-6-4-5-7-20(19)15-28)26(32)31(3)21-9-10-23-24(14-21)37-16-36-23/h4-7,9-12,14,17,22H,8,13,16H2,1-3H3,(H2,29,30,33)/t17?,22-/m0/s1. The van der Waals surface area contributed by atoms with Gasteiger partial charge in [0.05, 0.1) is 16.5 Å². The number of nitrogens with one attached hydrogen (secondary N) is 2. The lowest BCUT2D eigenvalue weighted by Crippen LogP contribution is -2.52. The Hall–Kier alpha value is -4.30. The number of ether oxygens (including phenoxy) is 2. The molecule has 1 aliphatic carbocycles. The number of hydrogen-bond donors (Lipinski definition) is 2. The third-order valence-electron chi connectivity index (χ3n) is 6.35. The van der Waals surface area contributed by atoms with Crippen LogP contribution >= 0.6 is 0 Å². The van der Waals surface area contributed by atoms with Crippen molar-refractivity contribution in [2.24, 2.45) is 5.92 Å². The zero-order chi connectivity index (χ0) is 27.4. The van der Waals surface area contributed by atoms with Gasteiger partial charge in [0.15, 0.2) is 11.5 Å². The molecule has 198 valence electrons. The van der Waals surface area contributed by atoms with E-state index < -0.39 is 28.0 Å². The molecule has 0 aromatic heterocycles. The molecule has 1 heterocycles. The van der Waals surface area contributed by atoms with Crippen molar-refractivity contribution in [2.75, 3.05) is 18.7 Å². The molecule has 1 aliphatic heterocycles. The van der Waals surface area contributed by atoms with Gasteiger partial charge in [-0.1, -0.05) is 37.3 Å². The van der Waals surface area contributed by atoms with E-state index in [-0.39, 0.29) is 24.0 Å². The van der Waals surface area contributed by atoms with Crippen molar-refractivity contribution in [3.8, 4) is 17.6 Å². The van der Waals surface area contributed by atoms with Gasteiger partial charge in [-0.15, -0.1) is 0 Å². The maximum atomic E-state index is 13.6. The number of anilines is 1. The Morgan fingerprint density at radius 2 is 1.92 bits per heavy atom. The summed E-state index contributed by atoms with van der Waals surface area (Å²) in [6, 6.07) is 11.5. The fourth-order valence-corrected chi connectivity index (χ4v) is 5.62. The topological polar surface area (TPSA) is 138 Å². The molecule has 0 saturated heterocycles. The molecule has 2 aliphatic rings. The first kappa shape index (κ1) is 26.8. The van der Waals surface area contributed by atoms with Gasteiger partial charge in [-0.25, -0.2) is 17.9 Å². The normalized spacial score (nSPS) is 16.9. The monoisotopic (exact) mass is 536 g/mol. The molecule has 1 unspecified atom stereocenters. The highest BCUT2D eigenvalue weighted by atomic mass is 32.2. The van der Waals surface area contributed by atoms with Gasteiger partial charge in [0, 0.05) is 25.2 Å². The molecular weight excluding hydrogens is 508 g/mol. The number of nitriles is 1. The Bertz CT molecular complexity index is 1470. The van der Waals surface area contributed by atoms with Gasteiger partial charge in [0.25, 0.3) is 10.0 Å². The molecule has 0 bridgehead atoms. The number of amides is 3. The summed E-state index contributed by atoms with van der Waals surface area (Å²) >= 11 is 0. The molecule has 0 spiro atoms. The number of allylic oxidation sites excluding steroid dienone is 3.